The zero-order valence-corrected chi connectivity index (χ0v) is 12.5. The predicted molar refractivity (Wildman–Crippen MR) is 82.0 cm³/mol. The molecule has 1 heterocycles. The summed E-state index contributed by atoms with van der Waals surface area (Å²) < 4.78 is 15.5. The molecule has 0 saturated heterocycles. The number of aromatic nitrogens is 2. The van der Waals surface area contributed by atoms with Crippen molar-refractivity contribution in [2.24, 2.45) is 0 Å². The second-order valence-corrected chi connectivity index (χ2v) is 5.23. The minimum Gasteiger partial charge on any atom is -0.338 e. The molecule has 1 aromatic carbocycles. The van der Waals surface area contributed by atoms with E-state index < -0.39 is 0 Å². The summed E-state index contributed by atoms with van der Waals surface area (Å²) in [5.74, 6) is -0.333. The molecule has 5 nitrogen and oxygen atoms in total. The molecule has 21 heavy (non-hydrogen) atoms. The third-order valence-electron chi connectivity index (χ3n) is 2.85. The van der Waals surface area contributed by atoms with E-state index in [-0.39, 0.29) is 11.8 Å². The molecule has 0 aliphatic rings. The minimum absolute atomic E-state index is 0.333. The number of hydrogen-bond acceptors (Lipinski definition) is 3. The Morgan fingerprint density at radius 1 is 1.48 bits per heavy atom. The summed E-state index contributed by atoms with van der Waals surface area (Å²) in [5, 5.41) is 5.34. The van der Waals surface area contributed by atoms with Crippen LogP contribution in [0.2, 0.25) is 0 Å². The van der Waals surface area contributed by atoms with Crippen molar-refractivity contribution in [3.05, 3.63) is 42.7 Å². The molecule has 0 bridgehead atoms. The molecule has 2 aromatic rings. The van der Waals surface area contributed by atoms with Gasteiger partial charge in [0.05, 0.1) is 6.33 Å². The Labute approximate surface area is 127 Å². The zero-order chi connectivity index (χ0) is 15.1. The molecule has 0 spiro atoms. The van der Waals surface area contributed by atoms with Gasteiger partial charge in [0.1, 0.15) is 5.82 Å². The molecular weight excluding hydrogens is 291 g/mol. The van der Waals surface area contributed by atoms with Crippen LogP contribution in [-0.2, 0) is 6.54 Å². The van der Waals surface area contributed by atoms with Crippen molar-refractivity contribution >= 4 is 23.5 Å². The molecule has 112 valence electrons. The molecule has 0 unspecified atom stereocenters. The molecule has 0 aliphatic carbocycles. The number of nitrogens with zero attached hydrogens (tertiary/aromatic N) is 2. The second-order valence-electron chi connectivity index (χ2n) is 4.38. The minimum atomic E-state index is -0.336. The van der Waals surface area contributed by atoms with Gasteiger partial charge in [-0.05, 0) is 30.9 Å². The van der Waals surface area contributed by atoms with E-state index >= 15 is 0 Å². The Morgan fingerprint density at radius 2 is 2.33 bits per heavy atom. The summed E-state index contributed by atoms with van der Waals surface area (Å²) in [6.07, 6.45) is 7.92. The van der Waals surface area contributed by atoms with Crippen LogP contribution in [0.4, 0.5) is 14.9 Å². The Kier molecular flexibility index (Phi) is 5.62. The summed E-state index contributed by atoms with van der Waals surface area (Å²) in [6.45, 7) is 1.33. The summed E-state index contributed by atoms with van der Waals surface area (Å²) in [7, 11) is 0. The quantitative estimate of drug-likeness (QED) is 0.637. The van der Waals surface area contributed by atoms with Gasteiger partial charge in [0.15, 0.2) is 0 Å². The number of urea groups is 1. The van der Waals surface area contributed by atoms with E-state index in [1.54, 1.807) is 30.9 Å². The van der Waals surface area contributed by atoms with Crippen LogP contribution in [0, 0.1) is 5.82 Å². The third kappa shape index (κ3) is 4.78. The summed E-state index contributed by atoms with van der Waals surface area (Å²) in [6, 6.07) is 4.31. The SMILES string of the molecule is CSc1ccc(NC(=O)NCCCn2ccnc2)cc1F. The van der Waals surface area contributed by atoms with Crippen LogP contribution in [0.1, 0.15) is 6.42 Å². The number of nitrogens with one attached hydrogen (secondary N) is 2. The van der Waals surface area contributed by atoms with Crippen molar-refractivity contribution in [2.75, 3.05) is 18.1 Å². The van der Waals surface area contributed by atoms with Gasteiger partial charge in [-0.1, -0.05) is 0 Å². The molecule has 7 heteroatoms. The average Bonchev–Trinajstić information content (AvgIpc) is 2.97. The normalized spacial score (nSPS) is 10.4. The molecule has 2 N–H and O–H groups in total. The highest BCUT2D eigenvalue weighted by Gasteiger charge is 2.05. The third-order valence-corrected chi connectivity index (χ3v) is 3.62. The molecule has 0 atom stereocenters. The van der Waals surface area contributed by atoms with Crippen molar-refractivity contribution in [3.8, 4) is 0 Å². The van der Waals surface area contributed by atoms with E-state index in [2.05, 4.69) is 15.6 Å². The van der Waals surface area contributed by atoms with E-state index in [1.165, 1.54) is 17.8 Å². The number of hydrogen-bond donors (Lipinski definition) is 2. The molecule has 2 amide bonds. The number of thioether (sulfide) groups is 1. The van der Waals surface area contributed by atoms with Crippen LogP contribution in [0.15, 0.2) is 41.8 Å². The van der Waals surface area contributed by atoms with Crippen molar-refractivity contribution in [3.63, 3.8) is 0 Å². The first-order valence-corrected chi connectivity index (χ1v) is 7.75. The lowest BCUT2D eigenvalue weighted by molar-refractivity contribution is 0.252. The van der Waals surface area contributed by atoms with Gasteiger partial charge < -0.3 is 15.2 Å². The zero-order valence-electron chi connectivity index (χ0n) is 11.7. The first kappa shape index (κ1) is 15.4. The van der Waals surface area contributed by atoms with Gasteiger partial charge >= 0.3 is 6.03 Å². The van der Waals surface area contributed by atoms with Crippen molar-refractivity contribution in [1.82, 2.24) is 14.9 Å². The van der Waals surface area contributed by atoms with Gasteiger partial charge in [0.25, 0.3) is 0 Å². The number of imidazole rings is 1. The molecular formula is C14H17FN4OS. The molecule has 0 radical (unpaired) electrons. The van der Waals surface area contributed by atoms with Crippen LogP contribution in [0.5, 0.6) is 0 Å². The van der Waals surface area contributed by atoms with Gasteiger partial charge in [-0.15, -0.1) is 11.8 Å². The Bertz CT molecular complexity index is 589. The fourth-order valence-electron chi connectivity index (χ4n) is 1.80. The summed E-state index contributed by atoms with van der Waals surface area (Å²) >= 11 is 1.33. The Morgan fingerprint density at radius 3 is 3.00 bits per heavy atom. The standard InChI is InChI=1S/C14H17FN4OS/c1-21-13-4-3-11(9-12(13)15)18-14(20)17-5-2-7-19-8-6-16-10-19/h3-4,6,8-10H,2,5,7H2,1H3,(H2,17,18,20). The second kappa shape index (κ2) is 7.68. The van der Waals surface area contributed by atoms with Crippen molar-refractivity contribution in [2.45, 2.75) is 17.9 Å². The Balaban J connectivity index is 1.72. The largest absolute Gasteiger partial charge is 0.338 e. The maximum Gasteiger partial charge on any atom is 0.319 e. The molecule has 2 rings (SSSR count). The van der Waals surface area contributed by atoms with E-state index in [1.807, 2.05) is 10.8 Å². The number of carbonyl (C=O) groups is 1. The highest BCUT2D eigenvalue weighted by atomic mass is 32.2. The van der Waals surface area contributed by atoms with Crippen LogP contribution in [-0.4, -0.2) is 28.4 Å². The van der Waals surface area contributed by atoms with Crippen LogP contribution in [0.25, 0.3) is 0 Å². The number of benzene rings is 1. The maximum atomic E-state index is 13.6. The Hall–Kier alpha value is -2.02. The molecule has 0 fully saturated rings. The number of amides is 2. The van der Waals surface area contributed by atoms with E-state index in [0.717, 1.165) is 13.0 Å². The average molecular weight is 308 g/mol. The first-order valence-electron chi connectivity index (χ1n) is 6.53. The number of rotatable bonds is 6. The summed E-state index contributed by atoms with van der Waals surface area (Å²) in [4.78, 5) is 16.2. The highest BCUT2D eigenvalue weighted by molar-refractivity contribution is 7.98. The van der Waals surface area contributed by atoms with Gasteiger partial charge in [0.2, 0.25) is 0 Å². The summed E-state index contributed by atoms with van der Waals surface area (Å²) in [5.41, 5.74) is 0.442. The van der Waals surface area contributed by atoms with Gasteiger partial charge in [0, 0.05) is 36.1 Å². The maximum absolute atomic E-state index is 13.6. The highest BCUT2D eigenvalue weighted by Crippen LogP contribution is 2.22. The van der Waals surface area contributed by atoms with Crippen LogP contribution >= 0.6 is 11.8 Å². The topological polar surface area (TPSA) is 59.0 Å². The predicted octanol–water partition coefficient (Wildman–Crippen LogP) is 2.96. The number of aryl methyl sites for hydroxylation is 1. The molecule has 1 aromatic heterocycles. The van der Waals surface area contributed by atoms with E-state index in [9.17, 15) is 9.18 Å². The molecule has 0 aliphatic heterocycles. The van der Waals surface area contributed by atoms with E-state index in [4.69, 9.17) is 0 Å². The lowest BCUT2D eigenvalue weighted by Crippen LogP contribution is -2.30. The van der Waals surface area contributed by atoms with E-state index in [0.29, 0.717) is 17.1 Å². The smallest absolute Gasteiger partial charge is 0.319 e. The fraction of sp³-hybridized carbons (Fsp3) is 0.286. The number of halogens is 1. The number of carbonyl (C=O) groups excluding carboxylic acids is 1. The van der Waals surface area contributed by atoms with Crippen molar-refractivity contribution in [1.29, 1.82) is 0 Å². The van der Waals surface area contributed by atoms with Crippen LogP contribution in [0.3, 0.4) is 0 Å². The fourth-order valence-corrected chi connectivity index (χ4v) is 2.26. The van der Waals surface area contributed by atoms with Gasteiger partial charge in [-0.25, -0.2) is 14.2 Å². The van der Waals surface area contributed by atoms with Gasteiger partial charge in [-0.2, -0.15) is 0 Å². The van der Waals surface area contributed by atoms with Crippen molar-refractivity contribution < 1.29 is 9.18 Å². The number of anilines is 1. The molecule has 0 saturated carbocycles. The first-order chi connectivity index (χ1) is 10.2. The van der Waals surface area contributed by atoms with Gasteiger partial charge in [-0.3, -0.25) is 0 Å². The monoisotopic (exact) mass is 308 g/mol. The lowest BCUT2D eigenvalue weighted by atomic mass is 10.3. The lowest BCUT2D eigenvalue weighted by Gasteiger charge is -2.09. The van der Waals surface area contributed by atoms with Crippen LogP contribution < -0.4 is 10.6 Å².